The highest BCUT2D eigenvalue weighted by Crippen LogP contribution is 2.14. The first-order chi connectivity index (χ1) is 14.3. The van der Waals surface area contributed by atoms with E-state index >= 15 is 0 Å². The lowest BCUT2D eigenvalue weighted by Gasteiger charge is -2.17. The van der Waals surface area contributed by atoms with E-state index in [2.05, 4.69) is 25.6 Å². The van der Waals surface area contributed by atoms with Crippen LogP contribution in [0.3, 0.4) is 0 Å². The van der Waals surface area contributed by atoms with Crippen LogP contribution in [0, 0.1) is 0 Å². The molecule has 0 amide bonds. The lowest BCUT2D eigenvalue weighted by atomic mass is 10.1. The van der Waals surface area contributed by atoms with E-state index in [1.165, 1.54) is 121 Å². The van der Waals surface area contributed by atoms with Crippen LogP contribution in [0.4, 0.5) is 0 Å². The SMILES string of the molecule is CCCCCCCCCCCCSCC(COC)OCCCCCCCCCC. The average molecular weight is 431 g/mol. The molecular formula is C26H54O2S. The van der Waals surface area contributed by atoms with Crippen LogP contribution in [-0.2, 0) is 9.47 Å². The van der Waals surface area contributed by atoms with Gasteiger partial charge in [-0.05, 0) is 18.6 Å². The van der Waals surface area contributed by atoms with Gasteiger partial charge >= 0.3 is 0 Å². The van der Waals surface area contributed by atoms with E-state index in [0.717, 1.165) is 19.0 Å². The minimum absolute atomic E-state index is 0.276. The molecule has 0 saturated carbocycles. The molecule has 29 heavy (non-hydrogen) atoms. The first-order valence-electron chi connectivity index (χ1n) is 13.0. The van der Waals surface area contributed by atoms with E-state index in [1.54, 1.807) is 7.11 Å². The number of ether oxygens (including phenoxy) is 2. The van der Waals surface area contributed by atoms with Crippen molar-refractivity contribution in [3.05, 3.63) is 0 Å². The maximum atomic E-state index is 6.08. The average Bonchev–Trinajstić information content (AvgIpc) is 2.73. The number of rotatable bonds is 25. The van der Waals surface area contributed by atoms with Crippen LogP contribution in [0.25, 0.3) is 0 Å². The summed E-state index contributed by atoms with van der Waals surface area (Å²) in [5.74, 6) is 2.36. The molecule has 3 heteroatoms. The molecule has 0 rings (SSSR count). The molecule has 0 aromatic rings. The Hall–Kier alpha value is 0.270. The largest absolute Gasteiger partial charge is 0.382 e. The molecule has 1 atom stereocenters. The summed E-state index contributed by atoms with van der Waals surface area (Å²) in [6.45, 7) is 6.21. The third-order valence-corrected chi connectivity index (χ3v) is 6.83. The minimum Gasteiger partial charge on any atom is -0.382 e. The smallest absolute Gasteiger partial charge is 0.0898 e. The van der Waals surface area contributed by atoms with Crippen molar-refractivity contribution in [2.75, 3.05) is 31.8 Å². The standard InChI is InChI=1S/C26H54O2S/c1-4-6-8-10-12-14-15-17-19-21-23-29-25-26(24-27-3)28-22-20-18-16-13-11-9-7-5-2/h26H,4-25H2,1-3H3. The second-order valence-corrected chi connectivity index (χ2v) is 9.83. The molecule has 0 aromatic heterocycles. The molecular weight excluding hydrogens is 376 g/mol. The molecule has 2 nitrogen and oxygen atoms in total. The van der Waals surface area contributed by atoms with Gasteiger partial charge in [-0.1, -0.05) is 117 Å². The molecule has 0 N–H and O–H groups in total. The number of methoxy groups -OCH3 is 1. The maximum absolute atomic E-state index is 6.08. The van der Waals surface area contributed by atoms with Crippen LogP contribution in [-0.4, -0.2) is 37.9 Å². The Morgan fingerprint density at radius 3 is 1.52 bits per heavy atom. The van der Waals surface area contributed by atoms with Crippen molar-refractivity contribution in [3.63, 3.8) is 0 Å². The summed E-state index contributed by atoms with van der Waals surface area (Å²) in [5.41, 5.74) is 0. The van der Waals surface area contributed by atoms with Crippen molar-refractivity contribution >= 4 is 11.8 Å². The number of thioether (sulfide) groups is 1. The van der Waals surface area contributed by atoms with E-state index in [9.17, 15) is 0 Å². The Labute approximate surface area is 188 Å². The van der Waals surface area contributed by atoms with Crippen molar-refractivity contribution in [1.29, 1.82) is 0 Å². The molecule has 0 spiro atoms. The normalized spacial score (nSPS) is 12.5. The lowest BCUT2D eigenvalue weighted by Crippen LogP contribution is -2.22. The predicted molar refractivity (Wildman–Crippen MR) is 133 cm³/mol. The molecule has 0 aliphatic rings. The van der Waals surface area contributed by atoms with E-state index in [1.807, 2.05) is 0 Å². The first-order valence-corrected chi connectivity index (χ1v) is 14.2. The van der Waals surface area contributed by atoms with Crippen molar-refractivity contribution in [2.45, 2.75) is 136 Å². The summed E-state index contributed by atoms with van der Waals surface area (Å²) >= 11 is 2.05. The van der Waals surface area contributed by atoms with Gasteiger partial charge in [0.25, 0.3) is 0 Å². The Morgan fingerprint density at radius 1 is 0.586 bits per heavy atom. The van der Waals surface area contributed by atoms with E-state index in [-0.39, 0.29) is 6.10 Å². The highest BCUT2D eigenvalue weighted by atomic mass is 32.2. The summed E-state index contributed by atoms with van der Waals surface area (Å²) in [4.78, 5) is 0. The van der Waals surface area contributed by atoms with Crippen molar-refractivity contribution < 1.29 is 9.47 Å². The van der Waals surface area contributed by atoms with Crippen LogP contribution in [0.2, 0.25) is 0 Å². The summed E-state index contributed by atoms with van der Waals surface area (Å²) in [6.07, 6.45) is 25.3. The van der Waals surface area contributed by atoms with E-state index < -0.39 is 0 Å². The minimum atomic E-state index is 0.276. The molecule has 0 aliphatic carbocycles. The molecule has 0 aliphatic heterocycles. The Morgan fingerprint density at radius 2 is 1.03 bits per heavy atom. The quantitative estimate of drug-likeness (QED) is 0.135. The summed E-state index contributed by atoms with van der Waals surface area (Å²) in [6, 6.07) is 0. The summed E-state index contributed by atoms with van der Waals surface area (Å²) in [7, 11) is 1.79. The fourth-order valence-corrected chi connectivity index (χ4v) is 4.75. The highest BCUT2D eigenvalue weighted by molar-refractivity contribution is 7.99. The van der Waals surface area contributed by atoms with Gasteiger partial charge in [-0.2, -0.15) is 11.8 Å². The van der Waals surface area contributed by atoms with Crippen molar-refractivity contribution in [1.82, 2.24) is 0 Å². The Bertz CT molecular complexity index is 286. The van der Waals surface area contributed by atoms with Gasteiger partial charge in [0.2, 0.25) is 0 Å². The van der Waals surface area contributed by atoms with E-state index in [0.29, 0.717) is 0 Å². The van der Waals surface area contributed by atoms with Gasteiger partial charge in [-0.3, -0.25) is 0 Å². The topological polar surface area (TPSA) is 18.5 Å². The van der Waals surface area contributed by atoms with Crippen LogP contribution in [0.5, 0.6) is 0 Å². The monoisotopic (exact) mass is 430 g/mol. The second-order valence-electron chi connectivity index (χ2n) is 8.68. The fraction of sp³-hybridized carbons (Fsp3) is 1.00. The molecule has 0 heterocycles. The first kappa shape index (κ1) is 29.3. The number of hydrogen-bond donors (Lipinski definition) is 0. The fourth-order valence-electron chi connectivity index (χ4n) is 3.72. The zero-order chi connectivity index (χ0) is 21.3. The predicted octanol–water partition coefficient (Wildman–Crippen LogP) is 8.81. The highest BCUT2D eigenvalue weighted by Gasteiger charge is 2.08. The molecule has 1 unspecified atom stereocenters. The van der Waals surface area contributed by atoms with Crippen LogP contribution < -0.4 is 0 Å². The summed E-state index contributed by atoms with van der Waals surface area (Å²) in [5, 5.41) is 0. The second kappa shape index (κ2) is 26.3. The summed E-state index contributed by atoms with van der Waals surface area (Å²) < 4.78 is 11.4. The van der Waals surface area contributed by atoms with Gasteiger partial charge in [-0.25, -0.2) is 0 Å². The van der Waals surface area contributed by atoms with Gasteiger partial charge in [0, 0.05) is 19.5 Å². The number of hydrogen-bond acceptors (Lipinski definition) is 3. The van der Waals surface area contributed by atoms with Crippen molar-refractivity contribution in [2.24, 2.45) is 0 Å². The van der Waals surface area contributed by atoms with Gasteiger partial charge in [-0.15, -0.1) is 0 Å². The molecule has 0 aromatic carbocycles. The maximum Gasteiger partial charge on any atom is 0.0898 e. The molecule has 0 radical (unpaired) electrons. The molecule has 176 valence electrons. The van der Waals surface area contributed by atoms with E-state index in [4.69, 9.17) is 9.47 Å². The van der Waals surface area contributed by atoms with Gasteiger partial charge in [0.05, 0.1) is 12.7 Å². The lowest BCUT2D eigenvalue weighted by molar-refractivity contribution is 0.0104. The Balaban J connectivity index is 3.39. The van der Waals surface area contributed by atoms with Crippen LogP contribution in [0.15, 0.2) is 0 Å². The van der Waals surface area contributed by atoms with Gasteiger partial charge < -0.3 is 9.47 Å². The Kier molecular flexibility index (Phi) is 26.6. The molecule has 0 fully saturated rings. The third kappa shape index (κ3) is 24.4. The molecule has 0 bridgehead atoms. The zero-order valence-corrected chi connectivity index (χ0v) is 21.2. The van der Waals surface area contributed by atoms with Crippen molar-refractivity contribution in [3.8, 4) is 0 Å². The van der Waals surface area contributed by atoms with Gasteiger partial charge in [0.15, 0.2) is 0 Å². The zero-order valence-electron chi connectivity index (χ0n) is 20.4. The number of unbranched alkanes of at least 4 members (excludes halogenated alkanes) is 16. The van der Waals surface area contributed by atoms with Gasteiger partial charge in [0.1, 0.15) is 0 Å². The van der Waals surface area contributed by atoms with Crippen LogP contribution >= 0.6 is 11.8 Å². The third-order valence-electron chi connectivity index (χ3n) is 5.65. The molecule has 0 saturated heterocycles. The van der Waals surface area contributed by atoms with Crippen LogP contribution in [0.1, 0.15) is 129 Å².